The topological polar surface area (TPSA) is 92.5 Å². The first kappa shape index (κ1) is 17.5. The van der Waals surface area contributed by atoms with Gasteiger partial charge in [-0.2, -0.15) is 0 Å². The summed E-state index contributed by atoms with van der Waals surface area (Å²) < 4.78 is 0. The molecule has 6 nitrogen and oxygen atoms in total. The summed E-state index contributed by atoms with van der Waals surface area (Å²) in [6.07, 6.45) is 0.430. The fourth-order valence-electron chi connectivity index (χ4n) is 3.18. The highest BCUT2D eigenvalue weighted by molar-refractivity contribution is 6.34. The predicted octanol–water partition coefficient (Wildman–Crippen LogP) is 3.07. The average Bonchev–Trinajstić information content (AvgIpc) is 2.80. The van der Waals surface area contributed by atoms with Crippen molar-refractivity contribution in [2.45, 2.75) is 24.9 Å². The number of carbonyl (C=O) groups excluding carboxylic acids is 1. The van der Waals surface area contributed by atoms with Gasteiger partial charge in [-0.1, -0.05) is 35.9 Å². The fourth-order valence-corrected chi connectivity index (χ4v) is 3.44. The molecule has 0 amide bonds. The molecule has 3 rings (SSSR count). The van der Waals surface area contributed by atoms with Crippen molar-refractivity contribution in [1.82, 2.24) is 5.32 Å². The Balaban J connectivity index is 2.01. The Hall–Kier alpha value is -2.28. The van der Waals surface area contributed by atoms with E-state index in [0.717, 1.165) is 11.1 Å². The largest absolute Gasteiger partial charge is 0.395 e. The Labute approximate surface area is 149 Å². The summed E-state index contributed by atoms with van der Waals surface area (Å²) in [6, 6.07) is 11.3. The zero-order chi connectivity index (χ0) is 18.0. The number of hydrogen-bond donors (Lipinski definition) is 2. The summed E-state index contributed by atoms with van der Waals surface area (Å²) in [7, 11) is 0. The second kappa shape index (κ2) is 7.31. The minimum absolute atomic E-state index is 0.0643. The molecule has 0 spiro atoms. The van der Waals surface area contributed by atoms with Crippen molar-refractivity contribution in [3.05, 3.63) is 74.3 Å². The molecule has 0 bridgehead atoms. The Morgan fingerprint density at radius 3 is 2.76 bits per heavy atom. The third-order valence-corrected chi connectivity index (χ3v) is 4.81. The SMILES string of the molecule is O=C(c1ccc([N+](=O)[O-])cc1Cl)C1C[C@@H](CO)NCc2ccccc21. The normalized spacial score (nSPS) is 19.8. The van der Waals surface area contributed by atoms with E-state index in [0.29, 0.717) is 13.0 Å². The van der Waals surface area contributed by atoms with Crippen LogP contribution in [-0.2, 0) is 6.54 Å². The summed E-state index contributed by atoms with van der Waals surface area (Å²) in [5, 5.41) is 23.7. The number of aliphatic hydroxyl groups excluding tert-OH is 1. The highest BCUT2D eigenvalue weighted by Crippen LogP contribution is 2.34. The van der Waals surface area contributed by atoms with Crippen LogP contribution in [-0.4, -0.2) is 28.5 Å². The number of rotatable bonds is 4. The number of Topliss-reactive ketones (excluding diaryl/α,β-unsaturated/α-hetero) is 1. The number of non-ortho nitro benzene ring substituents is 1. The van der Waals surface area contributed by atoms with E-state index in [1.165, 1.54) is 18.2 Å². The number of aliphatic hydroxyl groups is 1. The number of fused-ring (bicyclic) bond motifs is 1. The Kier molecular flexibility index (Phi) is 5.13. The third kappa shape index (κ3) is 3.56. The maximum atomic E-state index is 13.1. The smallest absolute Gasteiger partial charge is 0.270 e. The number of nitro benzene ring substituents is 1. The van der Waals surface area contributed by atoms with E-state index < -0.39 is 10.8 Å². The van der Waals surface area contributed by atoms with Gasteiger partial charge in [0.05, 0.1) is 16.6 Å². The minimum atomic E-state index is -0.549. The van der Waals surface area contributed by atoms with Crippen LogP contribution in [0, 0.1) is 10.1 Å². The molecule has 1 unspecified atom stereocenters. The lowest BCUT2D eigenvalue weighted by molar-refractivity contribution is -0.384. The van der Waals surface area contributed by atoms with Gasteiger partial charge >= 0.3 is 0 Å². The minimum Gasteiger partial charge on any atom is -0.395 e. The van der Waals surface area contributed by atoms with Gasteiger partial charge in [-0.3, -0.25) is 14.9 Å². The van der Waals surface area contributed by atoms with E-state index in [1.54, 1.807) is 0 Å². The molecule has 0 saturated carbocycles. The molecular formula is C18H17ClN2O4. The zero-order valence-electron chi connectivity index (χ0n) is 13.3. The maximum Gasteiger partial charge on any atom is 0.270 e. The van der Waals surface area contributed by atoms with Gasteiger partial charge in [0.2, 0.25) is 0 Å². The monoisotopic (exact) mass is 360 g/mol. The summed E-state index contributed by atoms with van der Waals surface area (Å²) in [5.74, 6) is -0.670. The molecular weight excluding hydrogens is 344 g/mol. The molecule has 2 aromatic rings. The number of ketones is 1. The van der Waals surface area contributed by atoms with Gasteiger partial charge in [0, 0.05) is 36.2 Å². The predicted molar refractivity (Wildman–Crippen MR) is 94.0 cm³/mol. The molecule has 0 saturated heterocycles. The Bertz CT molecular complexity index is 824. The molecule has 1 aliphatic rings. The van der Waals surface area contributed by atoms with Crippen LogP contribution in [0.4, 0.5) is 5.69 Å². The van der Waals surface area contributed by atoms with Gasteiger partial charge in [-0.25, -0.2) is 0 Å². The van der Waals surface area contributed by atoms with E-state index in [1.807, 2.05) is 24.3 Å². The van der Waals surface area contributed by atoms with Crippen molar-refractivity contribution in [2.75, 3.05) is 6.61 Å². The van der Waals surface area contributed by atoms with E-state index in [-0.39, 0.29) is 34.7 Å². The van der Waals surface area contributed by atoms with Crippen LogP contribution >= 0.6 is 11.6 Å². The van der Waals surface area contributed by atoms with Crippen molar-refractivity contribution >= 4 is 23.1 Å². The molecule has 130 valence electrons. The van der Waals surface area contributed by atoms with Crippen molar-refractivity contribution < 1.29 is 14.8 Å². The number of halogens is 1. The standard InChI is InChI=1S/C18H17ClN2O4/c19-17-8-13(21(24)25)5-6-15(17)18(23)16-7-12(10-22)20-9-11-3-1-2-4-14(11)16/h1-6,8,12,16,20,22H,7,9-10H2/t12-,16?/m0/s1. The Morgan fingerprint density at radius 1 is 1.32 bits per heavy atom. The summed E-state index contributed by atoms with van der Waals surface area (Å²) in [6.45, 7) is 0.491. The van der Waals surface area contributed by atoms with Crippen LogP contribution in [0.15, 0.2) is 42.5 Å². The van der Waals surface area contributed by atoms with Gasteiger partial charge in [-0.15, -0.1) is 0 Å². The lowest BCUT2D eigenvalue weighted by atomic mass is 9.84. The maximum absolute atomic E-state index is 13.1. The average molecular weight is 361 g/mol. The molecule has 0 fully saturated rings. The number of hydrogen-bond acceptors (Lipinski definition) is 5. The number of nitrogens with one attached hydrogen (secondary N) is 1. The van der Waals surface area contributed by atoms with Crippen molar-refractivity contribution in [2.24, 2.45) is 0 Å². The Morgan fingerprint density at radius 2 is 2.08 bits per heavy atom. The number of nitrogens with zero attached hydrogens (tertiary/aromatic N) is 1. The number of carbonyl (C=O) groups is 1. The van der Waals surface area contributed by atoms with Gasteiger partial charge in [-0.05, 0) is 23.6 Å². The first-order chi connectivity index (χ1) is 12.0. The second-order valence-corrected chi connectivity index (χ2v) is 6.44. The van der Waals surface area contributed by atoms with Gasteiger partial charge < -0.3 is 10.4 Å². The molecule has 2 atom stereocenters. The van der Waals surface area contributed by atoms with E-state index in [4.69, 9.17) is 11.6 Å². The van der Waals surface area contributed by atoms with Crippen LogP contribution in [0.25, 0.3) is 0 Å². The van der Waals surface area contributed by atoms with Crippen molar-refractivity contribution in [1.29, 1.82) is 0 Å². The molecule has 2 aromatic carbocycles. The van der Waals surface area contributed by atoms with Gasteiger partial charge in [0.15, 0.2) is 5.78 Å². The summed E-state index contributed by atoms with van der Waals surface area (Å²) in [5.41, 5.74) is 1.99. The fraction of sp³-hybridized carbons (Fsp3) is 0.278. The lowest BCUT2D eigenvalue weighted by Crippen LogP contribution is -2.32. The van der Waals surface area contributed by atoms with Crippen LogP contribution < -0.4 is 5.32 Å². The van der Waals surface area contributed by atoms with Gasteiger partial charge in [0.1, 0.15) is 0 Å². The van der Waals surface area contributed by atoms with Crippen LogP contribution in [0.3, 0.4) is 0 Å². The summed E-state index contributed by atoms with van der Waals surface area (Å²) >= 11 is 6.14. The molecule has 1 aliphatic heterocycles. The van der Waals surface area contributed by atoms with E-state index in [9.17, 15) is 20.0 Å². The van der Waals surface area contributed by atoms with E-state index >= 15 is 0 Å². The molecule has 1 heterocycles. The molecule has 7 heteroatoms. The molecule has 0 aliphatic carbocycles. The second-order valence-electron chi connectivity index (χ2n) is 6.03. The van der Waals surface area contributed by atoms with Crippen molar-refractivity contribution in [3.63, 3.8) is 0 Å². The highest BCUT2D eigenvalue weighted by Gasteiger charge is 2.31. The zero-order valence-corrected chi connectivity index (χ0v) is 14.1. The van der Waals surface area contributed by atoms with Crippen LogP contribution in [0.1, 0.15) is 33.8 Å². The van der Waals surface area contributed by atoms with Crippen molar-refractivity contribution in [3.8, 4) is 0 Å². The first-order valence-corrected chi connectivity index (χ1v) is 8.29. The van der Waals surface area contributed by atoms with Crippen LogP contribution in [0.5, 0.6) is 0 Å². The number of benzene rings is 2. The molecule has 25 heavy (non-hydrogen) atoms. The molecule has 0 aromatic heterocycles. The number of nitro groups is 1. The van der Waals surface area contributed by atoms with E-state index in [2.05, 4.69) is 5.32 Å². The first-order valence-electron chi connectivity index (χ1n) is 7.91. The van der Waals surface area contributed by atoms with Gasteiger partial charge in [0.25, 0.3) is 5.69 Å². The quantitative estimate of drug-likeness (QED) is 0.496. The third-order valence-electron chi connectivity index (χ3n) is 4.50. The summed E-state index contributed by atoms with van der Waals surface area (Å²) in [4.78, 5) is 23.4. The van der Waals surface area contributed by atoms with Crippen LogP contribution in [0.2, 0.25) is 5.02 Å². The molecule has 0 radical (unpaired) electrons. The highest BCUT2D eigenvalue weighted by atomic mass is 35.5. The molecule has 2 N–H and O–H groups in total. The lowest BCUT2D eigenvalue weighted by Gasteiger charge is -2.19.